The predicted octanol–water partition coefficient (Wildman–Crippen LogP) is 1.49. The maximum atomic E-state index is 12.0. The molecule has 1 heterocycles. The van der Waals surface area contributed by atoms with Crippen molar-refractivity contribution in [2.45, 2.75) is 58.5 Å². The molecular formula is C13H25N3O2. The minimum atomic E-state index is -0.275. The van der Waals surface area contributed by atoms with Crippen LogP contribution in [0.1, 0.15) is 46.5 Å². The summed E-state index contributed by atoms with van der Waals surface area (Å²) in [5.41, 5.74) is 0. The molecule has 0 aromatic carbocycles. The van der Waals surface area contributed by atoms with E-state index >= 15 is 0 Å². The van der Waals surface area contributed by atoms with E-state index in [9.17, 15) is 9.59 Å². The van der Waals surface area contributed by atoms with Gasteiger partial charge in [0, 0.05) is 18.6 Å². The van der Waals surface area contributed by atoms with Gasteiger partial charge in [0.25, 0.3) is 0 Å². The number of urea groups is 1. The number of carbonyl (C=O) groups is 2. The molecule has 0 bridgehead atoms. The summed E-state index contributed by atoms with van der Waals surface area (Å²) in [5, 5.41) is 5.32. The van der Waals surface area contributed by atoms with E-state index in [0.717, 1.165) is 25.8 Å². The molecule has 2 N–H and O–H groups in total. The van der Waals surface area contributed by atoms with Gasteiger partial charge in [0.2, 0.25) is 5.91 Å². The first-order valence-electron chi connectivity index (χ1n) is 6.88. The Bertz CT molecular complexity index is 292. The lowest BCUT2D eigenvalue weighted by molar-refractivity contribution is -0.133. The summed E-state index contributed by atoms with van der Waals surface area (Å²) in [6.07, 6.45) is 4.34. The van der Waals surface area contributed by atoms with Crippen LogP contribution in [0.15, 0.2) is 0 Å². The average Bonchev–Trinajstić information content (AvgIpc) is 2.35. The van der Waals surface area contributed by atoms with Crippen LogP contribution >= 0.6 is 0 Å². The second kappa shape index (κ2) is 7.24. The maximum Gasteiger partial charge on any atom is 0.315 e. The third kappa shape index (κ3) is 4.55. The minimum absolute atomic E-state index is 0.0282. The summed E-state index contributed by atoms with van der Waals surface area (Å²) >= 11 is 0. The smallest absolute Gasteiger partial charge is 0.315 e. The van der Waals surface area contributed by atoms with E-state index in [1.54, 1.807) is 0 Å². The quantitative estimate of drug-likeness (QED) is 0.799. The van der Waals surface area contributed by atoms with Gasteiger partial charge in [-0.3, -0.25) is 4.79 Å². The van der Waals surface area contributed by atoms with Gasteiger partial charge >= 0.3 is 6.03 Å². The zero-order valence-electron chi connectivity index (χ0n) is 11.7. The van der Waals surface area contributed by atoms with E-state index < -0.39 is 0 Å². The number of hydrogen-bond acceptors (Lipinski definition) is 2. The Morgan fingerprint density at radius 3 is 2.67 bits per heavy atom. The van der Waals surface area contributed by atoms with Crippen LogP contribution < -0.4 is 10.6 Å². The molecule has 5 nitrogen and oxygen atoms in total. The molecule has 3 amide bonds. The second-order valence-corrected chi connectivity index (χ2v) is 5.13. The first kappa shape index (κ1) is 14.8. The Kier molecular flexibility index (Phi) is 5.95. The van der Waals surface area contributed by atoms with Gasteiger partial charge in [-0.15, -0.1) is 0 Å². The van der Waals surface area contributed by atoms with Crippen LogP contribution in [0.25, 0.3) is 0 Å². The molecular weight excluding hydrogens is 230 g/mol. The van der Waals surface area contributed by atoms with E-state index in [0.29, 0.717) is 6.04 Å². The third-order valence-corrected chi connectivity index (χ3v) is 3.24. The van der Waals surface area contributed by atoms with Crippen molar-refractivity contribution < 1.29 is 9.59 Å². The summed E-state index contributed by atoms with van der Waals surface area (Å²) < 4.78 is 0. The zero-order chi connectivity index (χ0) is 13.5. The van der Waals surface area contributed by atoms with E-state index in [2.05, 4.69) is 17.6 Å². The van der Waals surface area contributed by atoms with Crippen molar-refractivity contribution >= 4 is 11.9 Å². The minimum Gasteiger partial charge on any atom is -0.338 e. The Balaban J connectivity index is 2.37. The Morgan fingerprint density at radius 1 is 1.33 bits per heavy atom. The average molecular weight is 255 g/mol. The number of nitrogens with one attached hydrogen (secondary N) is 2. The van der Waals surface area contributed by atoms with Crippen LogP contribution in [0.4, 0.5) is 4.79 Å². The second-order valence-electron chi connectivity index (χ2n) is 5.13. The van der Waals surface area contributed by atoms with Gasteiger partial charge in [-0.25, -0.2) is 4.79 Å². The van der Waals surface area contributed by atoms with Gasteiger partial charge in [-0.1, -0.05) is 6.92 Å². The molecule has 1 fully saturated rings. The lowest BCUT2D eigenvalue weighted by Crippen LogP contribution is -2.49. The fraction of sp³-hybridized carbons (Fsp3) is 0.846. The van der Waals surface area contributed by atoms with Crippen LogP contribution in [-0.4, -0.2) is 42.0 Å². The van der Waals surface area contributed by atoms with Crippen molar-refractivity contribution in [2.24, 2.45) is 0 Å². The summed E-state index contributed by atoms with van der Waals surface area (Å²) in [6, 6.07) is 0.156. The van der Waals surface area contributed by atoms with Crippen molar-refractivity contribution in [1.29, 1.82) is 0 Å². The molecule has 1 saturated heterocycles. The molecule has 5 heteroatoms. The lowest BCUT2D eigenvalue weighted by atomic mass is 10.00. The normalized spacial score (nSPS) is 19.8. The molecule has 18 heavy (non-hydrogen) atoms. The van der Waals surface area contributed by atoms with Gasteiger partial charge in [-0.05, 0) is 39.5 Å². The van der Waals surface area contributed by atoms with Crippen LogP contribution in [0.5, 0.6) is 0 Å². The van der Waals surface area contributed by atoms with Crippen molar-refractivity contribution in [3.8, 4) is 0 Å². The number of piperidine rings is 1. The largest absolute Gasteiger partial charge is 0.338 e. The van der Waals surface area contributed by atoms with Crippen molar-refractivity contribution in [3.05, 3.63) is 0 Å². The molecule has 0 aromatic rings. The number of nitrogens with zero attached hydrogens (tertiary/aromatic N) is 1. The summed E-state index contributed by atoms with van der Waals surface area (Å²) in [4.78, 5) is 25.4. The van der Waals surface area contributed by atoms with Gasteiger partial charge in [0.05, 0.1) is 6.54 Å². The molecule has 1 aliphatic rings. The number of likely N-dealkylation sites (tertiary alicyclic amines) is 1. The molecule has 0 saturated carbocycles. The number of hydrogen-bond donors (Lipinski definition) is 2. The van der Waals surface area contributed by atoms with Crippen LogP contribution in [0.2, 0.25) is 0 Å². The van der Waals surface area contributed by atoms with E-state index in [4.69, 9.17) is 0 Å². The van der Waals surface area contributed by atoms with Crippen molar-refractivity contribution in [2.75, 3.05) is 13.1 Å². The van der Waals surface area contributed by atoms with Gasteiger partial charge in [0.15, 0.2) is 0 Å². The van der Waals surface area contributed by atoms with Gasteiger partial charge < -0.3 is 15.5 Å². The van der Waals surface area contributed by atoms with E-state index in [1.165, 1.54) is 6.42 Å². The molecule has 0 radical (unpaired) electrons. The lowest BCUT2D eigenvalue weighted by Gasteiger charge is -2.35. The summed E-state index contributed by atoms with van der Waals surface area (Å²) in [6.45, 7) is 6.80. The number of amides is 3. The van der Waals surface area contributed by atoms with Crippen LogP contribution in [-0.2, 0) is 4.79 Å². The topological polar surface area (TPSA) is 61.4 Å². The monoisotopic (exact) mass is 255 g/mol. The SMILES string of the molecule is CCC1CCCCN1C(=O)CNC(=O)NC(C)C. The Labute approximate surface area is 109 Å². The highest BCUT2D eigenvalue weighted by atomic mass is 16.2. The fourth-order valence-corrected chi connectivity index (χ4v) is 2.32. The van der Waals surface area contributed by atoms with Crippen LogP contribution in [0.3, 0.4) is 0 Å². The molecule has 104 valence electrons. The molecule has 1 unspecified atom stereocenters. The first-order valence-corrected chi connectivity index (χ1v) is 6.88. The number of carbonyl (C=O) groups excluding carboxylic acids is 2. The maximum absolute atomic E-state index is 12.0. The molecule has 1 atom stereocenters. The highest BCUT2D eigenvalue weighted by Crippen LogP contribution is 2.19. The highest BCUT2D eigenvalue weighted by Gasteiger charge is 2.25. The standard InChI is InChI=1S/C13H25N3O2/c1-4-11-7-5-6-8-16(11)12(17)9-14-13(18)15-10(2)3/h10-11H,4-9H2,1-3H3,(H2,14,15,18). The Morgan fingerprint density at radius 2 is 2.06 bits per heavy atom. The van der Waals surface area contributed by atoms with E-state index in [-0.39, 0.29) is 24.5 Å². The fourth-order valence-electron chi connectivity index (χ4n) is 2.32. The number of rotatable bonds is 4. The Hall–Kier alpha value is -1.26. The molecule has 1 aliphatic heterocycles. The molecule has 0 spiro atoms. The van der Waals surface area contributed by atoms with E-state index in [1.807, 2.05) is 18.7 Å². The zero-order valence-corrected chi connectivity index (χ0v) is 11.7. The molecule has 0 aliphatic carbocycles. The molecule has 0 aromatic heterocycles. The third-order valence-electron chi connectivity index (χ3n) is 3.24. The predicted molar refractivity (Wildman–Crippen MR) is 71.3 cm³/mol. The highest BCUT2D eigenvalue weighted by molar-refractivity contribution is 5.84. The first-order chi connectivity index (χ1) is 8.54. The van der Waals surface area contributed by atoms with Crippen molar-refractivity contribution in [3.63, 3.8) is 0 Å². The summed E-state index contributed by atoms with van der Waals surface area (Å²) in [7, 11) is 0. The summed E-state index contributed by atoms with van der Waals surface area (Å²) in [5.74, 6) is 0.0282. The van der Waals surface area contributed by atoms with Crippen molar-refractivity contribution in [1.82, 2.24) is 15.5 Å². The van der Waals surface area contributed by atoms with Crippen LogP contribution in [0, 0.1) is 0 Å². The molecule has 1 rings (SSSR count). The van der Waals surface area contributed by atoms with Gasteiger partial charge in [0.1, 0.15) is 0 Å². The van der Waals surface area contributed by atoms with Gasteiger partial charge in [-0.2, -0.15) is 0 Å².